The Morgan fingerprint density at radius 3 is 2.92 bits per heavy atom. The third-order valence-electron chi connectivity index (χ3n) is 1.64. The van der Waals surface area contributed by atoms with Gasteiger partial charge in [0.2, 0.25) is 5.88 Å². The molecule has 3 nitrogen and oxygen atoms in total. The first kappa shape index (κ1) is 9.00. The molecule has 2 N–H and O–H groups in total. The van der Waals surface area contributed by atoms with Gasteiger partial charge in [-0.1, -0.05) is 6.07 Å². The van der Waals surface area contributed by atoms with Gasteiger partial charge in [0, 0.05) is 18.7 Å². The van der Waals surface area contributed by atoms with Crippen LogP contribution < -0.4 is 10.1 Å². The lowest BCUT2D eigenvalue weighted by atomic mass is 10.2. The molecule has 1 rings (SSSR count). The zero-order valence-electron chi connectivity index (χ0n) is 7.29. The maximum absolute atomic E-state index is 4.94. The second-order valence-electron chi connectivity index (χ2n) is 2.54. The van der Waals surface area contributed by atoms with Crippen LogP contribution in [0.2, 0.25) is 0 Å². The number of quaternary nitrogens is 1. The highest BCUT2D eigenvalue weighted by Crippen LogP contribution is 2.05. The Hall–Kier alpha value is -1.09. The van der Waals surface area contributed by atoms with Crippen molar-refractivity contribution in [3.8, 4) is 5.88 Å². The molecule has 0 aliphatic rings. The molecule has 1 aromatic rings. The number of methoxy groups -OCH3 is 1. The first-order chi connectivity index (χ1) is 5.86. The van der Waals surface area contributed by atoms with Gasteiger partial charge in [-0.15, -0.1) is 0 Å². The molecule has 3 heteroatoms. The van der Waals surface area contributed by atoms with Crippen LogP contribution in [-0.2, 0) is 6.42 Å². The zero-order valence-corrected chi connectivity index (χ0v) is 7.29. The van der Waals surface area contributed by atoms with Crippen LogP contribution in [0.25, 0.3) is 0 Å². The van der Waals surface area contributed by atoms with E-state index < -0.39 is 0 Å². The Labute approximate surface area is 72.8 Å². The van der Waals surface area contributed by atoms with Crippen molar-refractivity contribution in [3.05, 3.63) is 30.9 Å². The Morgan fingerprint density at radius 2 is 2.42 bits per heavy atom. The predicted molar refractivity (Wildman–Crippen MR) is 46.6 cm³/mol. The smallest absolute Gasteiger partial charge is 0.212 e. The van der Waals surface area contributed by atoms with E-state index in [-0.39, 0.29) is 0 Å². The lowest BCUT2D eigenvalue weighted by Crippen LogP contribution is -2.77. The maximum atomic E-state index is 4.94. The SMILES string of the molecule is [CH2-][NH2+]CCc1ccc(OC)nc1. The van der Waals surface area contributed by atoms with Crippen LogP contribution in [0.15, 0.2) is 18.3 Å². The van der Waals surface area contributed by atoms with Crippen molar-refractivity contribution in [3.63, 3.8) is 0 Å². The second-order valence-corrected chi connectivity index (χ2v) is 2.54. The molecule has 0 unspecified atom stereocenters. The largest absolute Gasteiger partial charge is 0.481 e. The quantitative estimate of drug-likeness (QED) is 0.639. The third-order valence-corrected chi connectivity index (χ3v) is 1.64. The van der Waals surface area contributed by atoms with Crippen LogP contribution in [-0.4, -0.2) is 18.6 Å². The molecule has 0 saturated carbocycles. The first-order valence-electron chi connectivity index (χ1n) is 3.96. The van der Waals surface area contributed by atoms with E-state index in [0.717, 1.165) is 13.0 Å². The summed E-state index contributed by atoms with van der Waals surface area (Å²) >= 11 is 0. The third kappa shape index (κ3) is 2.51. The van der Waals surface area contributed by atoms with Gasteiger partial charge < -0.3 is 10.1 Å². The molecule has 0 radical (unpaired) electrons. The number of ether oxygens (including phenoxy) is 1. The summed E-state index contributed by atoms with van der Waals surface area (Å²) in [5, 5.41) is 1.91. The highest BCUT2D eigenvalue weighted by atomic mass is 16.5. The average molecular weight is 166 g/mol. The summed E-state index contributed by atoms with van der Waals surface area (Å²) in [5.41, 5.74) is 1.22. The highest BCUT2D eigenvalue weighted by Gasteiger charge is 1.94. The monoisotopic (exact) mass is 166 g/mol. The summed E-state index contributed by atoms with van der Waals surface area (Å²) in [6.07, 6.45) is 2.84. The van der Waals surface area contributed by atoms with Gasteiger partial charge >= 0.3 is 0 Å². The van der Waals surface area contributed by atoms with Crippen LogP contribution in [0, 0.1) is 7.05 Å². The highest BCUT2D eigenvalue weighted by molar-refractivity contribution is 5.17. The van der Waals surface area contributed by atoms with E-state index in [1.807, 2.05) is 23.6 Å². The number of nitrogens with zero attached hydrogens (tertiary/aromatic N) is 1. The molecule has 0 fully saturated rings. The van der Waals surface area contributed by atoms with Crippen molar-refractivity contribution in [1.82, 2.24) is 4.98 Å². The van der Waals surface area contributed by atoms with Gasteiger partial charge in [0.05, 0.1) is 13.7 Å². The van der Waals surface area contributed by atoms with Gasteiger partial charge in [0.25, 0.3) is 0 Å². The van der Waals surface area contributed by atoms with E-state index in [2.05, 4.69) is 12.0 Å². The molecule has 0 aliphatic carbocycles. The summed E-state index contributed by atoms with van der Waals surface area (Å²) in [7, 11) is 5.28. The summed E-state index contributed by atoms with van der Waals surface area (Å²) in [5.74, 6) is 0.664. The molecule has 12 heavy (non-hydrogen) atoms. The second kappa shape index (κ2) is 4.72. The molecule has 0 amide bonds. The Morgan fingerprint density at radius 1 is 1.58 bits per heavy atom. The van der Waals surface area contributed by atoms with Crippen molar-refractivity contribution in [2.45, 2.75) is 6.42 Å². The molecule has 0 atom stereocenters. The predicted octanol–water partition coefficient (Wildman–Crippen LogP) is -0.0123. The Kier molecular flexibility index (Phi) is 3.54. The van der Waals surface area contributed by atoms with Crippen molar-refractivity contribution in [2.24, 2.45) is 0 Å². The Balaban J connectivity index is 2.53. The molecule has 0 spiro atoms. The van der Waals surface area contributed by atoms with Gasteiger partial charge in [0.15, 0.2) is 0 Å². The number of rotatable bonds is 4. The summed E-state index contributed by atoms with van der Waals surface area (Å²) in [4.78, 5) is 4.09. The summed E-state index contributed by atoms with van der Waals surface area (Å²) < 4.78 is 4.94. The fourth-order valence-electron chi connectivity index (χ4n) is 0.948. The van der Waals surface area contributed by atoms with Crippen molar-refractivity contribution >= 4 is 0 Å². The van der Waals surface area contributed by atoms with E-state index >= 15 is 0 Å². The lowest BCUT2D eigenvalue weighted by Gasteiger charge is -2.01. The molecule has 1 aromatic heterocycles. The molecule has 1 heterocycles. The van der Waals surface area contributed by atoms with Gasteiger partial charge in [-0.2, -0.15) is 7.05 Å². The number of hydrogen-bond donors (Lipinski definition) is 1. The fraction of sp³-hybridized carbons (Fsp3) is 0.333. The van der Waals surface area contributed by atoms with E-state index in [9.17, 15) is 0 Å². The van der Waals surface area contributed by atoms with Crippen molar-refractivity contribution in [2.75, 3.05) is 13.7 Å². The molecule has 66 valence electrons. The fourth-order valence-corrected chi connectivity index (χ4v) is 0.948. The van der Waals surface area contributed by atoms with Crippen LogP contribution in [0.1, 0.15) is 5.56 Å². The van der Waals surface area contributed by atoms with Crippen molar-refractivity contribution in [1.29, 1.82) is 0 Å². The van der Waals surface area contributed by atoms with E-state index in [1.165, 1.54) is 5.56 Å². The van der Waals surface area contributed by atoms with E-state index in [1.54, 1.807) is 7.11 Å². The lowest BCUT2D eigenvalue weighted by molar-refractivity contribution is -0.594. The minimum atomic E-state index is 0.664. The minimum Gasteiger partial charge on any atom is -0.481 e. The number of hydrogen-bond acceptors (Lipinski definition) is 2. The Bertz CT molecular complexity index is 220. The van der Waals surface area contributed by atoms with Crippen LogP contribution in [0.4, 0.5) is 0 Å². The van der Waals surface area contributed by atoms with Gasteiger partial charge in [0.1, 0.15) is 0 Å². The number of pyridine rings is 1. The summed E-state index contributed by atoms with van der Waals surface area (Å²) in [6, 6.07) is 3.90. The standard InChI is InChI=1S/C9H14N2O/c1-10-6-5-8-3-4-9(12-2)11-7-8/h3-4,7H,1,5-6,10H2,2H3. The topological polar surface area (TPSA) is 38.7 Å². The van der Waals surface area contributed by atoms with Gasteiger partial charge in [-0.3, -0.25) is 0 Å². The molecule has 0 bridgehead atoms. The van der Waals surface area contributed by atoms with Crippen molar-refractivity contribution < 1.29 is 10.1 Å². The van der Waals surface area contributed by atoms with Gasteiger partial charge in [-0.25, -0.2) is 4.98 Å². The van der Waals surface area contributed by atoms with E-state index in [0.29, 0.717) is 5.88 Å². The molecule has 0 aliphatic heterocycles. The molecular formula is C9H14N2O. The first-order valence-corrected chi connectivity index (χ1v) is 3.96. The summed E-state index contributed by atoms with van der Waals surface area (Å²) in [6.45, 7) is 0.994. The maximum Gasteiger partial charge on any atom is 0.212 e. The molecular weight excluding hydrogens is 152 g/mol. The number of aromatic nitrogens is 1. The normalized spacial score (nSPS) is 9.83. The van der Waals surface area contributed by atoms with E-state index in [4.69, 9.17) is 4.74 Å². The van der Waals surface area contributed by atoms with Crippen LogP contribution >= 0.6 is 0 Å². The molecule has 0 aromatic carbocycles. The minimum absolute atomic E-state index is 0.664. The number of nitrogens with two attached hydrogens (primary N) is 1. The average Bonchev–Trinajstić information content (AvgIpc) is 2.15. The van der Waals surface area contributed by atoms with Gasteiger partial charge in [-0.05, 0) is 5.56 Å². The zero-order chi connectivity index (χ0) is 8.81. The van der Waals surface area contributed by atoms with Crippen LogP contribution in [0.3, 0.4) is 0 Å². The van der Waals surface area contributed by atoms with Crippen LogP contribution in [0.5, 0.6) is 5.88 Å². The molecule has 0 saturated heterocycles.